The summed E-state index contributed by atoms with van der Waals surface area (Å²) in [5.74, 6) is -1.87. The predicted octanol–water partition coefficient (Wildman–Crippen LogP) is 2.73. The van der Waals surface area contributed by atoms with Gasteiger partial charge in [0.15, 0.2) is 0 Å². The van der Waals surface area contributed by atoms with Crippen molar-refractivity contribution in [2.24, 2.45) is 0 Å². The van der Waals surface area contributed by atoms with Crippen molar-refractivity contribution in [3.05, 3.63) is 35.4 Å². The number of rotatable bonds is 4. The fourth-order valence-electron chi connectivity index (χ4n) is 3.74. The summed E-state index contributed by atoms with van der Waals surface area (Å²) in [6, 6.07) is 2.95. The van der Waals surface area contributed by atoms with Gasteiger partial charge < -0.3 is 10.1 Å². The Morgan fingerprint density at radius 1 is 1.17 bits per heavy atom. The number of likely N-dealkylation sites (tertiary alicyclic amines) is 1. The Bertz CT molecular complexity index is 582. The maximum Gasteiger partial charge on any atom is 0.254 e. The smallest absolute Gasteiger partial charge is 0.254 e. The fourth-order valence-corrected chi connectivity index (χ4v) is 3.74. The Kier molecular flexibility index (Phi) is 5.46. The first-order chi connectivity index (χ1) is 11.6. The van der Waals surface area contributed by atoms with Crippen LogP contribution in [0.1, 0.15) is 42.5 Å². The van der Waals surface area contributed by atoms with E-state index in [0.29, 0.717) is 19.8 Å². The molecule has 24 heavy (non-hydrogen) atoms. The van der Waals surface area contributed by atoms with Crippen LogP contribution in [0.5, 0.6) is 0 Å². The van der Waals surface area contributed by atoms with E-state index >= 15 is 0 Å². The highest BCUT2D eigenvalue weighted by Gasteiger charge is 2.39. The van der Waals surface area contributed by atoms with Gasteiger partial charge in [-0.3, -0.25) is 9.69 Å². The summed E-state index contributed by atoms with van der Waals surface area (Å²) >= 11 is 0. The van der Waals surface area contributed by atoms with Crippen LogP contribution < -0.4 is 5.32 Å². The molecule has 2 fully saturated rings. The average Bonchev–Trinajstić information content (AvgIpc) is 2.63. The molecular weight excluding hydrogens is 314 g/mol. The lowest BCUT2D eigenvalue weighted by molar-refractivity contribution is -0.0349. The topological polar surface area (TPSA) is 41.6 Å². The first-order valence-corrected chi connectivity index (χ1v) is 8.67. The summed E-state index contributed by atoms with van der Waals surface area (Å²) in [5.41, 5.74) is -0.381. The molecule has 0 radical (unpaired) electrons. The van der Waals surface area contributed by atoms with E-state index in [2.05, 4.69) is 10.2 Å². The van der Waals surface area contributed by atoms with Crippen molar-refractivity contribution in [2.75, 3.05) is 32.8 Å². The van der Waals surface area contributed by atoms with Crippen LogP contribution in [0.2, 0.25) is 0 Å². The second-order valence-corrected chi connectivity index (χ2v) is 6.69. The van der Waals surface area contributed by atoms with Gasteiger partial charge >= 0.3 is 0 Å². The number of amides is 1. The van der Waals surface area contributed by atoms with Crippen molar-refractivity contribution >= 4 is 5.91 Å². The van der Waals surface area contributed by atoms with Gasteiger partial charge in [0.25, 0.3) is 5.91 Å². The maximum atomic E-state index is 13.8. The molecule has 1 N–H and O–H groups in total. The molecule has 1 amide bonds. The quantitative estimate of drug-likeness (QED) is 0.918. The number of carbonyl (C=O) groups is 1. The van der Waals surface area contributed by atoms with E-state index in [-0.39, 0.29) is 11.1 Å². The normalized spacial score (nSPS) is 21.4. The molecule has 2 aliphatic rings. The molecular formula is C18H24F2N2O2. The zero-order valence-electron chi connectivity index (χ0n) is 13.8. The average molecular weight is 338 g/mol. The second kappa shape index (κ2) is 7.57. The summed E-state index contributed by atoms with van der Waals surface area (Å²) < 4.78 is 32.6. The number of benzene rings is 1. The molecule has 0 aromatic heterocycles. The van der Waals surface area contributed by atoms with Crippen LogP contribution in [0.4, 0.5) is 8.78 Å². The zero-order valence-corrected chi connectivity index (χ0v) is 13.8. The SMILES string of the molecule is O=C(NCC1(N2CCCCC2)CCOCC1)c1cc(F)ccc1F. The van der Waals surface area contributed by atoms with Gasteiger partial charge in [-0.25, -0.2) is 8.78 Å². The van der Waals surface area contributed by atoms with E-state index in [1.807, 2.05) is 0 Å². The number of piperidine rings is 1. The number of nitrogens with one attached hydrogen (secondary N) is 1. The highest BCUT2D eigenvalue weighted by Crippen LogP contribution is 2.30. The molecule has 132 valence electrons. The molecule has 0 aliphatic carbocycles. The molecule has 1 aromatic carbocycles. The first kappa shape index (κ1) is 17.3. The number of carbonyl (C=O) groups excluding carboxylic acids is 1. The minimum atomic E-state index is -0.701. The summed E-state index contributed by atoms with van der Waals surface area (Å²) in [4.78, 5) is 14.8. The molecule has 2 heterocycles. The van der Waals surface area contributed by atoms with Gasteiger partial charge in [0.05, 0.1) is 5.56 Å². The lowest BCUT2D eigenvalue weighted by Gasteiger charge is -2.48. The molecule has 0 bridgehead atoms. The standard InChI is InChI=1S/C18H24F2N2O2/c19-14-4-5-16(20)15(12-14)17(23)21-13-18(6-10-24-11-7-18)22-8-2-1-3-9-22/h4-5,12H,1-3,6-11,13H2,(H,21,23). The lowest BCUT2D eigenvalue weighted by atomic mass is 9.86. The molecule has 0 saturated carbocycles. The van der Waals surface area contributed by atoms with Crippen LogP contribution in [0, 0.1) is 11.6 Å². The molecule has 0 atom stereocenters. The van der Waals surface area contributed by atoms with E-state index in [0.717, 1.165) is 57.0 Å². The van der Waals surface area contributed by atoms with E-state index < -0.39 is 17.5 Å². The maximum absolute atomic E-state index is 13.8. The van der Waals surface area contributed by atoms with Crippen molar-refractivity contribution < 1.29 is 18.3 Å². The van der Waals surface area contributed by atoms with E-state index in [9.17, 15) is 13.6 Å². The Morgan fingerprint density at radius 2 is 1.88 bits per heavy atom. The van der Waals surface area contributed by atoms with Crippen molar-refractivity contribution in [2.45, 2.75) is 37.6 Å². The Hall–Kier alpha value is -1.53. The van der Waals surface area contributed by atoms with E-state index in [1.165, 1.54) is 6.42 Å². The van der Waals surface area contributed by atoms with Gasteiger partial charge in [0.1, 0.15) is 11.6 Å². The van der Waals surface area contributed by atoms with Crippen molar-refractivity contribution in [3.63, 3.8) is 0 Å². The van der Waals surface area contributed by atoms with Crippen molar-refractivity contribution in [1.82, 2.24) is 10.2 Å². The van der Waals surface area contributed by atoms with Gasteiger partial charge in [0.2, 0.25) is 0 Å². The van der Waals surface area contributed by atoms with Crippen molar-refractivity contribution in [1.29, 1.82) is 0 Å². The number of nitrogens with zero attached hydrogens (tertiary/aromatic N) is 1. The monoisotopic (exact) mass is 338 g/mol. The van der Waals surface area contributed by atoms with E-state index in [1.54, 1.807) is 0 Å². The number of ether oxygens (including phenoxy) is 1. The van der Waals surface area contributed by atoms with Crippen LogP contribution in [0.25, 0.3) is 0 Å². The zero-order chi connectivity index (χ0) is 17.0. The van der Waals surface area contributed by atoms with Crippen LogP contribution in [-0.2, 0) is 4.74 Å². The first-order valence-electron chi connectivity index (χ1n) is 8.67. The Balaban J connectivity index is 1.71. The number of halogens is 2. The van der Waals surface area contributed by atoms with Crippen LogP contribution in [0.3, 0.4) is 0 Å². The molecule has 0 spiro atoms. The van der Waals surface area contributed by atoms with Gasteiger partial charge in [-0.2, -0.15) is 0 Å². The van der Waals surface area contributed by atoms with Gasteiger partial charge in [0, 0.05) is 25.3 Å². The fraction of sp³-hybridized carbons (Fsp3) is 0.611. The number of hydrogen-bond donors (Lipinski definition) is 1. The highest BCUT2D eigenvalue weighted by molar-refractivity contribution is 5.94. The molecule has 2 aliphatic heterocycles. The van der Waals surface area contributed by atoms with Gasteiger partial charge in [-0.1, -0.05) is 6.42 Å². The second-order valence-electron chi connectivity index (χ2n) is 6.69. The predicted molar refractivity (Wildman–Crippen MR) is 86.9 cm³/mol. The summed E-state index contributed by atoms with van der Waals surface area (Å²) in [5, 5.41) is 2.83. The van der Waals surface area contributed by atoms with E-state index in [4.69, 9.17) is 4.74 Å². The van der Waals surface area contributed by atoms with Gasteiger partial charge in [-0.05, 0) is 57.0 Å². The molecule has 4 nitrogen and oxygen atoms in total. The summed E-state index contributed by atoms with van der Waals surface area (Å²) in [6.07, 6.45) is 5.26. The minimum absolute atomic E-state index is 0.141. The summed E-state index contributed by atoms with van der Waals surface area (Å²) in [6.45, 7) is 3.81. The van der Waals surface area contributed by atoms with Crippen LogP contribution in [-0.4, -0.2) is 49.2 Å². The molecule has 3 rings (SSSR count). The minimum Gasteiger partial charge on any atom is -0.381 e. The Morgan fingerprint density at radius 3 is 2.58 bits per heavy atom. The number of hydrogen-bond acceptors (Lipinski definition) is 3. The largest absolute Gasteiger partial charge is 0.381 e. The third kappa shape index (κ3) is 3.75. The lowest BCUT2D eigenvalue weighted by Crippen LogP contribution is -2.59. The van der Waals surface area contributed by atoms with Crippen LogP contribution in [0.15, 0.2) is 18.2 Å². The van der Waals surface area contributed by atoms with Crippen LogP contribution >= 0.6 is 0 Å². The third-order valence-electron chi connectivity index (χ3n) is 5.20. The molecule has 6 heteroatoms. The molecule has 0 unspecified atom stereocenters. The summed E-state index contributed by atoms with van der Waals surface area (Å²) in [7, 11) is 0. The van der Waals surface area contributed by atoms with Crippen molar-refractivity contribution in [3.8, 4) is 0 Å². The highest BCUT2D eigenvalue weighted by atomic mass is 19.1. The third-order valence-corrected chi connectivity index (χ3v) is 5.20. The molecule has 2 saturated heterocycles. The van der Waals surface area contributed by atoms with Gasteiger partial charge in [-0.15, -0.1) is 0 Å². The molecule has 1 aromatic rings. The Labute approximate surface area is 141 Å².